The van der Waals surface area contributed by atoms with Gasteiger partial charge in [-0.25, -0.2) is 4.99 Å². The molecular weight excluding hydrogens is 374 g/mol. The Balaban J connectivity index is 1.45. The minimum absolute atomic E-state index is 0.332. The summed E-state index contributed by atoms with van der Waals surface area (Å²) in [5.41, 5.74) is 3.29. The number of aromatic nitrogens is 1. The van der Waals surface area contributed by atoms with E-state index in [1.807, 2.05) is 24.4 Å². The van der Waals surface area contributed by atoms with Gasteiger partial charge in [-0.15, -0.1) is 0 Å². The number of methoxy groups -OCH3 is 1. The minimum Gasteiger partial charge on any atom is -0.495 e. The predicted octanol–water partition coefficient (Wildman–Crippen LogP) is 3.58. The van der Waals surface area contributed by atoms with E-state index in [0.717, 1.165) is 59.9 Å². The summed E-state index contributed by atoms with van der Waals surface area (Å²) in [6.45, 7) is 5.41. The number of hydrogen-bond acceptors (Lipinski definition) is 4. The molecule has 3 aromatic rings. The van der Waals surface area contributed by atoms with E-state index < -0.39 is 0 Å². The van der Waals surface area contributed by atoms with Crippen molar-refractivity contribution in [1.82, 2.24) is 15.6 Å². The number of fused-ring (bicyclic) bond motifs is 1. The van der Waals surface area contributed by atoms with Crippen LogP contribution in [0, 0.1) is 0 Å². The fraction of sp³-hybridized carbons (Fsp3) is 0.333. The van der Waals surface area contributed by atoms with Gasteiger partial charge in [-0.1, -0.05) is 36.4 Å². The van der Waals surface area contributed by atoms with Gasteiger partial charge in [0, 0.05) is 37.3 Å². The fourth-order valence-electron chi connectivity index (χ4n) is 3.96. The van der Waals surface area contributed by atoms with Crippen molar-refractivity contribution in [1.29, 1.82) is 0 Å². The molecule has 1 saturated heterocycles. The van der Waals surface area contributed by atoms with Gasteiger partial charge in [0.1, 0.15) is 5.75 Å². The maximum absolute atomic E-state index is 5.53. The first-order chi connectivity index (χ1) is 14.8. The van der Waals surface area contributed by atoms with Gasteiger partial charge in [-0.2, -0.15) is 0 Å². The van der Waals surface area contributed by atoms with Crippen molar-refractivity contribution in [3.63, 3.8) is 0 Å². The van der Waals surface area contributed by atoms with Gasteiger partial charge >= 0.3 is 0 Å². The maximum atomic E-state index is 5.53. The second kappa shape index (κ2) is 9.48. The standard InChI is InChI=1S/C24H29N5O/c1-3-25-24(27-16-19-9-6-8-18-10-7-14-26-23(18)19)28-20-13-15-29(17-20)21-11-4-5-12-22(21)30-2/h4-12,14,20H,3,13,15-17H2,1-2H3,(H2,25,27,28). The zero-order valence-electron chi connectivity index (χ0n) is 17.6. The smallest absolute Gasteiger partial charge is 0.191 e. The highest BCUT2D eigenvalue weighted by atomic mass is 16.5. The molecule has 6 heteroatoms. The summed E-state index contributed by atoms with van der Waals surface area (Å²) in [7, 11) is 1.72. The predicted molar refractivity (Wildman–Crippen MR) is 123 cm³/mol. The molecule has 1 fully saturated rings. The van der Waals surface area contributed by atoms with Crippen molar-refractivity contribution in [2.75, 3.05) is 31.6 Å². The molecule has 6 nitrogen and oxygen atoms in total. The highest BCUT2D eigenvalue weighted by molar-refractivity contribution is 5.83. The van der Waals surface area contributed by atoms with Crippen molar-refractivity contribution < 1.29 is 4.74 Å². The van der Waals surface area contributed by atoms with Gasteiger partial charge in [0.25, 0.3) is 0 Å². The number of aliphatic imine (C=N–C) groups is 1. The topological polar surface area (TPSA) is 61.8 Å². The molecule has 0 aliphatic carbocycles. The number of rotatable bonds is 6. The molecule has 2 heterocycles. The molecule has 0 bridgehead atoms. The lowest BCUT2D eigenvalue weighted by Gasteiger charge is -2.22. The second-order valence-corrected chi connectivity index (χ2v) is 7.44. The van der Waals surface area contributed by atoms with Crippen molar-refractivity contribution >= 4 is 22.5 Å². The van der Waals surface area contributed by atoms with Crippen LogP contribution in [0.1, 0.15) is 18.9 Å². The zero-order chi connectivity index (χ0) is 20.8. The molecule has 30 heavy (non-hydrogen) atoms. The Hall–Kier alpha value is -3.28. The average Bonchev–Trinajstić information content (AvgIpc) is 3.26. The van der Waals surface area contributed by atoms with E-state index in [1.165, 1.54) is 0 Å². The fourth-order valence-corrected chi connectivity index (χ4v) is 3.96. The van der Waals surface area contributed by atoms with Crippen LogP contribution in [0.3, 0.4) is 0 Å². The van der Waals surface area contributed by atoms with E-state index in [0.29, 0.717) is 12.6 Å². The lowest BCUT2D eigenvalue weighted by Crippen LogP contribution is -2.44. The third-order valence-electron chi connectivity index (χ3n) is 5.42. The minimum atomic E-state index is 0.332. The Labute approximate surface area is 178 Å². The first-order valence-electron chi connectivity index (χ1n) is 10.5. The van der Waals surface area contributed by atoms with Crippen LogP contribution >= 0.6 is 0 Å². The van der Waals surface area contributed by atoms with Gasteiger partial charge in [0.2, 0.25) is 0 Å². The number of nitrogens with zero attached hydrogens (tertiary/aromatic N) is 3. The van der Waals surface area contributed by atoms with Gasteiger partial charge in [-0.05, 0) is 37.1 Å². The Bertz CT molecular complexity index is 1010. The van der Waals surface area contributed by atoms with Gasteiger partial charge < -0.3 is 20.3 Å². The quantitative estimate of drug-likeness (QED) is 0.487. The number of anilines is 1. The molecule has 2 aromatic carbocycles. The van der Waals surface area contributed by atoms with Crippen LogP contribution in [0.15, 0.2) is 65.8 Å². The molecule has 1 aromatic heterocycles. The van der Waals surface area contributed by atoms with Crippen LogP contribution in [0.4, 0.5) is 5.69 Å². The van der Waals surface area contributed by atoms with Crippen LogP contribution in [0.2, 0.25) is 0 Å². The van der Waals surface area contributed by atoms with E-state index in [2.05, 4.69) is 63.8 Å². The molecule has 1 aliphatic heterocycles. The second-order valence-electron chi connectivity index (χ2n) is 7.44. The molecule has 0 spiro atoms. The number of ether oxygens (including phenoxy) is 1. The molecule has 1 unspecified atom stereocenters. The normalized spacial score (nSPS) is 16.7. The molecular formula is C24H29N5O. The lowest BCUT2D eigenvalue weighted by atomic mass is 10.1. The monoisotopic (exact) mass is 403 g/mol. The molecule has 2 N–H and O–H groups in total. The van der Waals surface area contributed by atoms with Gasteiger partial charge in [0.15, 0.2) is 5.96 Å². The molecule has 1 atom stereocenters. The molecule has 4 rings (SSSR count). The summed E-state index contributed by atoms with van der Waals surface area (Å²) in [6.07, 6.45) is 2.89. The summed E-state index contributed by atoms with van der Waals surface area (Å²) < 4.78 is 5.53. The number of benzene rings is 2. The summed E-state index contributed by atoms with van der Waals surface area (Å²) >= 11 is 0. The Morgan fingerprint density at radius 1 is 1.17 bits per heavy atom. The largest absolute Gasteiger partial charge is 0.495 e. The number of hydrogen-bond donors (Lipinski definition) is 2. The molecule has 0 amide bonds. The SMILES string of the molecule is CCNC(=NCc1cccc2cccnc12)NC1CCN(c2ccccc2OC)C1. The van der Waals surface area contributed by atoms with Crippen LogP contribution in [-0.4, -0.2) is 43.7 Å². The van der Waals surface area contributed by atoms with Gasteiger partial charge in [-0.3, -0.25) is 4.98 Å². The zero-order valence-corrected chi connectivity index (χ0v) is 17.6. The van der Waals surface area contributed by atoms with E-state index in [1.54, 1.807) is 7.11 Å². The highest BCUT2D eigenvalue weighted by Crippen LogP contribution is 2.30. The number of para-hydroxylation sites is 3. The van der Waals surface area contributed by atoms with Crippen molar-refractivity contribution in [2.24, 2.45) is 4.99 Å². The molecule has 1 aliphatic rings. The van der Waals surface area contributed by atoms with Gasteiger partial charge in [0.05, 0.1) is 24.9 Å². The van der Waals surface area contributed by atoms with Crippen LogP contribution in [0.25, 0.3) is 10.9 Å². The van der Waals surface area contributed by atoms with E-state index in [9.17, 15) is 0 Å². The molecule has 156 valence electrons. The lowest BCUT2D eigenvalue weighted by molar-refractivity contribution is 0.415. The summed E-state index contributed by atoms with van der Waals surface area (Å²) in [6, 6.07) is 18.8. The molecule has 0 saturated carbocycles. The Morgan fingerprint density at radius 3 is 2.90 bits per heavy atom. The van der Waals surface area contributed by atoms with Crippen LogP contribution in [0.5, 0.6) is 5.75 Å². The maximum Gasteiger partial charge on any atom is 0.191 e. The van der Waals surface area contributed by atoms with Crippen LogP contribution in [-0.2, 0) is 6.54 Å². The number of nitrogens with one attached hydrogen (secondary N) is 2. The summed E-state index contributed by atoms with van der Waals surface area (Å²) in [5.74, 6) is 1.76. The third kappa shape index (κ3) is 4.48. The summed E-state index contributed by atoms with van der Waals surface area (Å²) in [4.78, 5) is 11.7. The highest BCUT2D eigenvalue weighted by Gasteiger charge is 2.25. The Morgan fingerprint density at radius 2 is 2.03 bits per heavy atom. The van der Waals surface area contributed by atoms with Crippen molar-refractivity contribution in [3.8, 4) is 5.75 Å². The third-order valence-corrected chi connectivity index (χ3v) is 5.42. The van der Waals surface area contributed by atoms with Crippen LogP contribution < -0.4 is 20.3 Å². The Kier molecular flexibility index (Phi) is 6.32. The summed E-state index contributed by atoms with van der Waals surface area (Å²) in [5, 5.41) is 8.13. The van der Waals surface area contributed by atoms with E-state index in [4.69, 9.17) is 9.73 Å². The first kappa shape index (κ1) is 20.0. The van der Waals surface area contributed by atoms with Crippen molar-refractivity contribution in [3.05, 3.63) is 66.4 Å². The molecule has 0 radical (unpaired) electrons. The average molecular weight is 404 g/mol. The number of pyridine rings is 1. The first-order valence-corrected chi connectivity index (χ1v) is 10.5. The number of guanidine groups is 1. The van der Waals surface area contributed by atoms with E-state index in [-0.39, 0.29) is 0 Å². The van der Waals surface area contributed by atoms with E-state index >= 15 is 0 Å². The van der Waals surface area contributed by atoms with Crippen molar-refractivity contribution in [2.45, 2.75) is 25.9 Å².